The van der Waals surface area contributed by atoms with Crippen molar-refractivity contribution in [3.8, 4) is 0 Å². The fraction of sp³-hybridized carbons (Fsp3) is 0.370. The van der Waals surface area contributed by atoms with Gasteiger partial charge in [0, 0.05) is 25.5 Å². The predicted octanol–water partition coefficient (Wildman–Crippen LogP) is 3.26. The Morgan fingerprint density at radius 3 is 2.24 bits per heavy atom. The minimum Gasteiger partial charge on any atom is -0.395 e. The van der Waals surface area contributed by atoms with Crippen LogP contribution in [0.3, 0.4) is 0 Å². The van der Waals surface area contributed by atoms with Gasteiger partial charge in [-0.1, -0.05) is 60.7 Å². The highest BCUT2D eigenvalue weighted by molar-refractivity contribution is 7.89. The first-order chi connectivity index (χ1) is 17.6. The summed E-state index contributed by atoms with van der Waals surface area (Å²) in [6, 6.07) is 19.1. The second-order valence-electron chi connectivity index (χ2n) is 8.97. The van der Waals surface area contributed by atoms with E-state index in [-0.39, 0.29) is 24.8 Å². The first-order valence-electron chi connectivity index (χ1n) is 12.0. The lowest BCUT2D eigenvalue weighted by atomic mass is 9.98. The molecular weight excluding hydrogens is 510 g/mol. The number of thiazole rings is 1. The van der Waals surface area contributed by atoms with Crippen molar-refractivity contribution in [2.45, 2.75) is 32.2 Å². The Morgan fingerprint density at radius 1 is 1.03 bits per heavy atom. The SMILES string of the molecule is Cc1sc(CN(CCCc2ccccc2)C(=O)C(CO)c2ccccc2)nc1C(=O)CS(=O)(=O)N(C)C. The Kier molecular flexibility index (Phi) is 10.1. The maximum absolute atomic E-state index is 13.6. The van der Waals surface area contributed by atoms with Crippen molar-refractivity contribution in [3.63, 3.8) is 0 Å². The van der Waals surface area contributed by atoms with Gasteiger partial charge in [-0.25, -0.2) is 17.7 Å². The second kappa shape index (κ2) is 13.0. The van der Waals surface area contributed by atoms with Gasteiger partial charge in [-0.15, -0.1) is 11.3 Å². The molecule has 0 saturated carbocycles. The zero-order valence-electron chi connectivity index (χ0n) is 21.3. The molecule has 3 aromatic rings. The van der Waals surface area contributed by atoms with Gasteiger partial charge in [-0.3, -0.25) is 9.59 Å². The van der Waals surface area contributed by atoms with Crippen molar-refractivity contribution in [2.24, 2.45) is 0 Å². The zero-order valence-corrected chi connectivity index (χ0v) is 23.0. The number of aliphatic hydroxyl groups is 1. The number of Topliss-reactive ketones (excluding diaryl/α,β-unsaturated/α-hetero) is 1. The summed E-state index contributed by atoms with van der Waals surface area (Å²) in [5.41, 5.74) is 2.00. The van der Waals surface area contributed by atoms with Crippen LogP contribution in [-0.4, -0.2) is 72.4 Å². The molecule has 0 spiro atoms. The lowest BCUT2D eigenvalue weighted by Gasteiger charge is -2.26. The summed E-state index contributed by atoms with van der Waals surface area (Å²) in [6.45, 7) is 1.99. The largest absolute Gasteiger partial charge is 0.395 e. The molecule has 1 atom stereocenters. The van der Waals surface area contributed by atoms with Crippen LogP contribution in [0.1, 0.15) is 43.8 Å². The molecule has 10 heteroatoms. The number of sulfonamides is 1. The Bertz CT molecular complexity index is 1290. The molecule has 0 bridgehead atoms. The Morgan fingerprint density at radius 2 is 1.65 bits per heavy atom. The molecule has 0 aliphatic carbocycles. The number of carbonyl (C=O) groups excluding carboxylic acids is 2. The molecular formula is C27H33N3O5S2. The highest BCUT2D eigenvalue weighted by Gasteiger charge is 2.28. The number of aliphatic hydroxyl groups excluding tert-OH is 1. The molecule has 3 rings (SSSR count). The first-order valence-corrected chi connectivity index (χ1v) is 14.4. The quantitative estimate of drug-likeness (QED) is 0.332. The Labute approximate surface area is 222 Å². The molecule has 2 aromatic carbocycles. The molecule has 1 amide bonds. The smallest absolute Gasteiger partial charge is 0.232 e. The van der Waals surface area contributed by atoms with Crippen LogP contribution in [0.2, 0.25) is 0 Å². The number of nitrogens with zero attached hydrogens (tertiary/aromatic N) is 3. The van der Waals surface area contributed by atoms with Crippen LogP contribution < -0.4 is 0 Å². The summed E-state index contributed by atoms with van der Waals surface area (Å²) in [7, 11) is -0.957. The Hall–Kier alpha value is -2.92. The number of ketones is 1. The number of benzene rings is 2. The monoisotopic (exact) mass is 543 g/mol. The van der Waals surface area contributed by atoms with E-state index in [1.54, 1.807) is 11.8 Å². The fourth-order valence-corrected chi connectivity index (χ4v) is 5.61. The molecule has 8 nitrogen and oxygen atoms in total. The van der Waals surface area contributed by atoms with E-state index in [9.17, 15) is 23.1 Å². The molecule has 0 radical (unpaired) electrons. The van der Waals surface area contributed by atoms with Crippen LogP contribution in [0.25, 0.3) is 0 Å². The predicted molar refractivity (Wildman–Crippen MR) is 145 cm³/mol. The topological polar surface area (TPSA) is 108 Å². The van der Waals surface area contributed by atoms with Gasteiger partial charge in [0.25, 0.3) is 0 Å². The van der Waals surface area contributed by atoms with Crippen molar-refractivity contribution in [1.29, 1.82) is 0 Å². The number of amides is 1. The maximum Gasteiger partial charge on any atom is 0.232 e. The van der Waals surface area contributed by atoms with Gasteiger partial charge in [0.1, 0.15) is 16.5 Å². The van der Waals surface area contributed by atoms with Crippen molar-refractivity contribution in [1.82, 2.24) is 14.2 Å². The third-order valence-corrected chi connectivity index (χ3v) is 8.73. The van der Waals surface area contributed by atoms with E-state index in [4.69, 9.17) is 0 Å². The summed E-state index contributed by atoms with van der Waals surface area (Å²) in [6.07, 6.45) is 1.49. The van der Waals surface area contributed by atoms with E-state index in [0.717, 1.165) is 21.9 Å². The van der Waals surface area contributed by atoms with E-state index in [0.29, 0.717) is 22.9 Å². The van der Waals surface area contributed by atoms with E-state index in [2.05, 4.69) is 4.98 Å². The molecule has 0 fully saturated rings. The normalized spacial score (nSPS) is 12.5. The van der Waals surface area contributed by atoms with Gasteiger partial charge in [-0.2, -0.15) is 0 Å². The fourth-order valence-electron chi connectivity index (χ4n) is 3.92. The minimum atomic E-state index is -3.72. The van der Waals surface area contributed by atoms with Crippen LogP contribution in [0.5, 0.6) is 0 Å². The number of hydrogen-bond acceptors (Lipinski definition) is 7. The molecule has 1 unspecified atom stereocenters. The molecule has 1 heterocycles. The zero-order chi connectivity index (χ0) is 27.0. The van der Waals surface area contributed by atoms with Crippen LogP contribution in [0, 0.1) is 6.92 Å². The standard InChI is InChI=1S/C27H33N3O5S2/c1-20-26(24(32)19-37(34,35)29(2)3)28-25(36-20)17-30(16-10-13-21-11-6-4-7-12-21)27(33)23(18-31)22-14-8-5-9-15-22/h4-9,11-12,14-15,23,31H,10,13,16-19H2,1-3H3. The van der Waals surface area contributed by atoms with E-state index in [1.807, 2.05) is 60.7 Å². The van der Waals surface area contributed by atoms with Gasteiger partial charge >= 0.3 is 0 Å². The van der Waals surface area contributed by atoms with Gasteiger partial charge in [0.15, 0.2) is 5.78 Å². The van der Waals surface area contributed by atoms with Gasteiger partial charge in [0.2, 0.25) is 15.9 Å². The average molecular weight is 544 g/mol. The van der Waals surface area contributed by atoms with E-state index < -0.39 is 27.5 Å². The molecule has 0 aliphatic heterocycles. The third-order valence-electron chi connectivity index (χ3n) is 6.03. The maximum atomic E-state index is 13.6. The lowest BCUT2D eigenvalue weighted by Crippen LogP contribution is -2.37. The number of rotatable bonds is 13. The minimum absolute atomic E-state index is 0.115. The van der Waals surface area contributed by atoms with Crippen LogP contribution in [0.15, 0.2) is 60.7 Å². The number of hydrogen-bond donors (Lipinski definition) is 1. The summed E-state index contributed by atoms with van der Waals surface area (Å²) >= 11 is 1.27. The molecule has 37 heavy (non-hydrogen) atoms. The van der Waals surface area contributed by atoms with Gasteiger partial charge < -0.3 is 10.0 Å². The van der Waals surface area contributed by atoms with Crippen molar-refractivity contribution < 1.29 is 23.1 Å². The summed E-state index contributed by atoms with van der Waals surface area (Å²) in [5, 5.41) is 10.6. The number of carbonyl (C=O) groups is 2. The highest BCUT2D eigenvalue weighted by atomic mass is 32.2. The van der Waals surface area contributed by atoms with E-state index >= 15 is 0 Å². The summed E-state index contributed by atoms with van der Waals surface area (Å²) in [4.78, 5) is 33.0. The third kappa shape index (κ3) is 7.78. The molecule has 1 N–H and O–H groups in total. The van der Waals surface area contributed by atoms with E-state index in [1.165, 1.54) is 25.4 Å². The molecule has 198 valence electrons. The summed E-state index contributed by atoms with van der Waals surface area (Å²) < 4.78 is 25.4. The van der Waals surface area contributed by atoms with Crippen molar-refractivity contribution in [2.75, 3.05) is 33.0 Å². The first kappa shape index (κ1) is 28.6. The van der Waals surface area contributed by atoms with Gasteiger partial charge in [-0.05, 0) is 30.9 Å². The Balaban J connectivity index is 1.81. The lowest BCUT2D eigenvalue weighted by molar-refractivity contribution is -0.134. The number of aromatic nitrogens is 1. The van der Waals surface area contributed by atoms with Crippen molar-refractivity contribution >= 4 is 33.1 Å². The molecule has 0 saturated heterocycles. The number of aryl methyl sites for hydroxylation is 2. The second-order valence-corrected chi connectivity index (χ2v) is 12.4. The highest BCUT2D eigenvalue weighted by Crippen LogP contribution is 2.24. The van der Waals surface area contributed by atoms with Crippen LogP contribution in [-0.2, 0) is 27.8 Å². The molecule has 0 aliphatic rings. The summed E-state index contributed by atoms with van der Waals surface area (Å²) in [5.74, 6) is -2.18. The van der Waals surface area contributed by atoms with Crippen molar-refractivity contribution in [3.05, 3.63) is 87.4 Å². The van der Waals surface area contributed by atoms with Crippen LogP contribution in [0.4, 0.5) is 0 Å². The van der Waals surface area contributed by atoms with Gasteiger partial charge in [0.05, 0.1) is 19.1 Å². The van der Waals surface area contributed by atoms with Crippen LogP contribution >= 0.6 is 11.3 Å². The average Bonchev–Trinajstić information content (AvgIpc) is 3.25. The molecule has 1 aromatic heterocycles.